The van der Waals surface area contributed by atoms with E-state index in [9.17, 15) is 24.5 Å². The molecule has 2 aromatic rings. The first kappa shape index (κ1) is 17.1. The second-order valence-corrected chi connectivity index (χ2v) is 5.71. The highest BCUT2D eigenvalue weighted by Gasteiger charge is 2.28. The van der Waals surface area contributed by atoms with E-state index in [1.807, 2.05) is 10.6 Å². The molecule has 1 aromatic carbocycles. The number of imide groups is 2. The van der Waals surface area contributed by atoms with Crippen molar-refractivity contribution in [2.75, 3.05) is 0 Å². The molecule has 1 saturated heterocycles. The van der Waals surface area contributed by atoms with Crippen molar-refractivity contribution in [3.05, 3.63) is 56.8 Å². The molecule has 0 unspecified atom stereocenters. The van der Waals surface area contributed by atoms with Gasteiger partial charge in [0.25, 0.3) is 17.5 Å². The summed E-state index contributed by atoms with van der Waals surface area (Å²) in [6.07, 6.45) is 1.19. The molecule has 2 N–H and O–H groups in total. The maximum absolute atomic E-state index is 11.7. The number of hydrogen-bond acceptors (Lipinski definition) is 6. The smallest absolute Gasteiger partial charge is 0.328 e. The van der Waals surface area contributed by atoms with Gasteiger partial charge >= 0.3 is 6.03 Å². The third kappa shape index (κ3) is 3.09. The van der Waals surface area contributed by atoms with Gasteiger partial charge in [0.2, 0.25) is 0 Å². The minimum Gasteiger partial charge on any atom is -0.457 e. The molecule has 3 rings (SSSR count). The standard InChI is InChI=1S/C17H13N3O6/c1-8-5-9(2)13(20(24)25)7-11(8)14-4-3-10(26-14)6-12-15(21)18-17(23)19-16(12)22/h3-7H,1-2H3,(H2,18,19,21,22,23). The summed E-state index contributed by atoms with van der Waals surface area (Å²) in [5.74, 6) is -1.12. The van der Waals surface area contributed by atoms with Gasteiger partial charge in [0, 0.05) is 17.2 Å². The molecule has 132 valence electrons. The predicted octanol–water partition coefficient (Wildman–Crippen LogP) is 2.22. The molecule has 1 aliphatic heterocycles. The van der Waals surface area contributed by atoms with E-state index >= 15 is 0 Å². The van der Waals surface area contributed by atoms with E-state index in [0.29, 0.717) is 16.9 Å². The van der Waals surface area contributed by atoms with Crippen LogP contribution in [0.5, 0.6) is 0 Å². The largest absolute Gasteiger partial charge is 0.457 e. The van der Waals surface area contributed by atoms with Crippen molar-refractivity contribution in [3.63, 3.8) is 0 Å². The lowest BCUT2D eigenvalue weighted by molar-refractivity contribution is -0.385. The molecular formula is C17H13N3O6. The van der Waals surface area contributed by atoms with Crippen LogP contribution >= 0.6 is 0 Å². The summed E-state index contributed by atoms with van der Waals surface area (Å²) >= 11 is 0. The van der Waals surface area contributed by atoms with Crippen LogP contribution in [-0.2, 0) is 9.59 Å². The quantitative estimate of drug-likeness (QED) is 0.375. The number of nitro benzene ring substituents is 1. The number of amides is 4. The van der Waals surface area contributed by atoms with Crippen molar-refractivity contribution in [2.45, 2.75) is 13.8 Å². The summed E-state index contributed by atoms with van der Waals surface area (Å²) in [5, 5.41) is 15.1. The number of nitro groups is 1. The Morgan fingerprint density at radius 1 is 1.04 bits per heavy atom. The van der Waals surface area contributed by atoms with Gasteiger partial charge in [-0.3, -0.25) is 30.3 Å². The fraction of sp³-hybridized carbons (Fsp3) is 0.118. The van der Waals surface area contributed by atoms with E-state index < -0.39 is 22.8 Å². The lowest BCUT2D eigenvalue weighted by Gasteiger charge is -2.13. The van der Waals surface area contributed by atoms with Crippen molar-refractivity contribution in [3.8, 4) is 11.3 Å². The molecule has 1 aliphatic rings. The van der Waals surface area contributed by atoms with Gasteiger partial charge in [-0.05, 0) is 43.7 Å². The zero-order valence-corrected chi connectivity index (χ0v) is 13.8. The van der Waals surface area contributed by atoms with E-state index in [1.165, 1.54) is 18.2 Å². The maximum atomic E-state index is 11.7. The van der Waals surface area contributed by atoms with Crippen LogP contribution in [-0.4, -0.2) is 22.8 Å². The average Bonchev–Trinajstić information content (AvgIpc) is 2.99. The van der Waals surface area contributed by atoms with E-state index in [2.05, 4.69) is 0 Å². The molecule has 0 radical (unpaired) electrons. The highest BCUT2D eigenvalue weighted by Crippen LogP contribution is 2.32. The SMILES string of the molecule is Cc1cc(C)c([N+](=O)[O-])cc1-c1ccc(C=C2C(=O)NC(=O)NC2=O)o1. The molecule has 0 aliphatic carbocycles. The van der Waals surface area contributed by atoms with Crippen molar-refractivity contribution in [1.82, 2.24) is 10.6 Å². The first-order valence-electron chi connectivity index (χ1n) is 7.50. The van der Waals surface area contributed by atoms with Gasteiger partial charge in [0.1, 0.15) is 17.1 Å². The van der Waals surface area contributed by atoms with Crippen LogP contribution in [0, 0.1) is 24.0 Å². The summed E-state index contributed by atoms with van der Waals surface area (Å²) < 4.78 is 5.61. The maximum Gasteiger partial charge on any atom is 0.328 e. The van der Waals surface area contributed by atoms with Crippen molar-refractivity contribution in [2.24, 2.45) is 0 Å². The summed E-state index contributed by atoms with van der Waals surface area (Å²) in [6, 6.07) is 5.31. The van der Waals surface area contributed by atoms with Crippen LogP contribution in [0.1, 0.15) is 16.9 Å². The highest BCUT2D eigenvalue weighted by molar-refractivity contribution is 6.31. The van der Waals surface area contributed by atoms with Gasteiger partial charge < -0.3 is 4.42 Å². The number of barbiturate groups is 1. The van der Waals surface area contributed by atoms with E-state index in [4.69, 9.17) is 4.42 Å². The van der Waals surface area contributed by atoms with Gasteiger partial charge in [-0.15, -0.1) is 0 Å². The molecule has 26 heavy (non-hydrogen) atoms. The molecule has 0 atom stereocenters. The van der Waals surface area contributed by atoms with Crippen LogP contribution in [0.25, 0.3) is 17.4 Å². The Balaban J connectivity index is 1.99. The molecule has 0 bridgehead atoms. The lowest BCUT2D eigenvalue weighted by atomic mass is 10.0. The van der Waals surface area contributed by atoms with Crippen LogP contribution < -0.4 is 10.6 Å². The number of rotatable bonds is 3. The molecular weight excluding hydrogens is 342 g/mol. The number of furan rings is 1. The molecule has 4 amide bonds. The number of aryl methyl sites for hydroxylation is 2. The van der Waals surface area contributed by atoms with Crippen LogP contribution in [0.2, 0.25) is 0 Å². The number of hydrogen-bond donors (Lipinski definition) is 2. The predicted molar refractivity (Wildman–Crippen MR) is 89.9 cm³/mol. The normalized spacial score (nSPS) is 14.1. The number of nitrogens with one attached hydrogen (secondary N) is 2. The zero-order valence-electron chi connectivity index (χ0n) is 13.8. The average molecular weight is 355 g/mol. The molecule has 2 heterocycles. The summed E-state index contributed by atoms with van der Waals surface area (Å²) in [5.41, 5.74) is 1.52. The molecule has 0 spiro atoms. The van der Waals surface area contributed by atoms with Gasteiger partial charge in [0.05, 0.1) is 4.92 Å². The van der Waals surface area contributed by atoms with Crippen molar-refractivity contribution >= 4 is 29.6 Å². The van der Waals surface area contributed by atoms with Gasteiger partial charge in [-0.1, -0.05) is 0 Å². The molecule has 0 saturated carbocycles. The molecule has 9 heteroatoms. The van der Waals surface area contributed by atoms with Crippen LogP contribution in [0.15, 0.2) is 34.3 Å². The minimum atomic E-state index is -0.889. The van der Waals surface area contributed by atoms with Crippen molar-refractivity contribution in [1.29, 1.82) is 0 Å². The fourth-order valence-electron chi connectivity index (χ4n) is 2.63. The first-order valence-corrected chi connectivity index (χ1v) is 7.50. The second kappa shape index (κ2) is 6.28. The third-order valence-electron chi connectivity index (χ3n) is 3.86. The van der Waals surface area contributed by atoms with Gasteiger partial charge in [-0.25, -0.2) is 4.79 Å². The number of carbonyl (C=O) groups excluding carboxylic acids is 3. The lowest BCUT2D eigenvalue weighted by Crippen LogP contribution is -2.51. The summed E-state index contributed by atoms with van der Waals surface area (Å²) in [6.45, 7) is 3.44. The third-order valence-corrected chi connectivity index (χ3v) is 3.86. The number of carbonyl (C=O) groups is 3. The van der Waals surface area contributed by atoms with Crippen LogP contribution in [0.4, 0.5) is 10.5 Å². The van der Waals surface area contributed by atoms with E-state index in [0.717, 1.165) is 5.56 Å². The molecule has 1 aromatic heterocycles. The number of nitrogens with zero attached hydrogens (tertiary/aromatic N) is 1. The Kier molecular flexibility index (Phi) is 4.13. The fourth-order valence-corrected chi connectivity index (χ4v) is 2.63. The Bertz CT molecular complexity index is 980. The monoisotopic (exact) mass is 355 g/mol. The Morgan fingerprint density at radius 3 is 2.31 bits per heavy atom. The van der Waals surface area contributed by atoms with E-state index in [1.54, 1.807) is 26.0 Å². The Hall–Kier alpha value is -3.75. The molecule has 1 fully saturated rings. The van der Waals surface area contributed by atoms with Gasteiger partial charge in [0.15, 0.2) is 0 Å². The van der Waals surface area contributed by atoms with Gasteiger partial charge in [-0.2, -0.15) is 0 Å². The number of benzene rings is 1. The Morgan fingerprint density at radius 2 is 1.69 bits per heavy atom. The Labute approximate surface area is 146 Å². The summed E-state index contributed by atoms with van der Waals surface area (Å²) in [7, 11) is 0. The van der Waals surface area contributed by atoms with Crippen molar-refractivity contribution < 1.29 is 23.7 Å². The molecule has 9 nitrogen and oxygen atoms in total. The first-order chi connectivity index (χ1) is 12.3. The zero-order chi connectivity index (χ0) is 19.0. The topological polar surface area (TPSA) is 132 Å². The highest BCUT2D eigenvalue weighted by atomic mass is 16.6. The van der Waals surface area contributed by atoms with E-state index in [-0.39, 0.29) is 17.0 Å². The second-order valence-electron chi connectivity index (χ2n) is 5.71. The number of urea groups is 1. The summed E-state index contributed by atoms with van der Waals surface area (Å²) in [4.78, 5) is 45.2. The minimum absolute atomic E-state index is 0.0357. The van der Waals surface area contributed by atoms with Crippen LogP contribution in [0.3, 0.4) is 0 Å².